The lowest BCUT2D eigenvalue weighted by Gasteiger charge is -2.36. The Morgan fingerprint density at radius 3 is 2.79 bits per heavy atom. The van der Waals surface area contributed by atoms with Crippen LogP contribution < -0.4 is 0 Å². The van der Waals surface area contributed by atoms with Crippen molar-refractivity contribution >= 4 is 5.97 Å². The highest BCUT2D eigenvalue weighted by Gasteiger charge is 2.30. The second-order valence-electron chi connectivity index (χ2n) is 4.65. The molecule has 1 rings (SSSR count). The third kappa shape index (κ3) is 2.47. The predicted molar refractivity (Wildman–Crippen MR) is 57.0 cm³/mol. The van der Waals surface area contributed by atoms with Crippen LogP contribution in [-0.2, 0) is 4.79 Å². The maximum absolute atomic E-state index is 10.5. The van der Waals surface area contributed by atoms with Gasteiger partial charge in [0.2, 0.25) is 0 Å². The summed E-state index contributed by atoms with van der Waals surface area (Å²) < 4.78 is 0. The zero-order valence-electron chi connectivity index (χ0n) is 9.08. The summed E-state index contributed by atoms with van der Waals surface area (Å²) >= 11 is 0. The van der Waals surface area contributed by atoms with Crippen LogP contribution in [0.1, 0.15) is 33.6 Å². The van der Waals surface area contributed by atoms with Crippen LogP contribution in [0.25, 0.3) is 0 Å². The Kier molecular flexibility index (Phi) is 3.14. The van der Waals surface area contributed by atoms with Crippen LogP contribution >= 0.6 is 0 Å². The van der Waals surface area contributed by atoms with E-state index in [0.717, 1.165) is 12.8 Å². The molecule has 0 heterocycles. The number of hydrogen-bond acceptors (Lipinski definition) is 1. The fourth-order valence-electron chi connectivity index (χ4n) is 2.16. The predicted octanol–water partition coefficient (Wildman–Crippen LogP) is 3.01. The van der Waals surface area contributed by atoms with E-state index in [1.54, 1.807) is 0 Å². The first-order valence-corrected chi connectivity index (χ1v) is 5.01. The summed E-state index contributed by atoms with van der Waals surface area (Å²) in [6.07, 6.45) is 7.51. The van der Waals surface area contributed by atoms with Crippen LogP contribution in [0.5, 0.6) is 0 Å². The Hall–Kier alpha value is -1.05. The Bertz CT molecular complexity index is 285. The van der Waals surface area contributed by atoms with Crippen LogP contribution in [0.4, 0.5) is 0 Å². The van der Waals surface area contributed by atoms with E-state index in [1.807, 2.05) is 6.08 Å². The molecular formula is C12H18O2. The third-order valence-electron chi connectivity index (χ3n) is 3.02. The lowest BCUT2D eigenvalue weighted by molar-refractivity contribution is -0.131. The van der Waals surface area contributed by atoms with Crippen LogP contribution in [0.2, 0.25) is 0 Å². The summed E-state index contributed by atoms with van der Waals surface area (Å²) in [4.78, 5) is 10.5. The Balaban J connectivity index is 2.86. The number of carboxylic acids is 1. The largest absolute Gasteiger partial charge is 0.478 e. The molecule has 1 N–H and O–H groups in total. The summed E-state index contributed by atoms with van der Waals surface area (Å²) in [5, 5.41) is 8.59. The highest BCUT2D eigenvalue weighted by atomic mass is 16.4. The van der Waals surface area contributed by atoms with Gasteiger partial charge >= 0.3 is 5.97 Å². The lowest BCUT2D eigenvalue weighted by atomic mass is 9.68. The molecule has 0 bridgehead atoms. The number of aliphatic carboxylic acids is 1. The average Bonchev–Trinajstić information content (AvgIpc) is 2.01. The average molecular weight is 194 g/mol. The van der Waals surface area contributed by atoms with Crippen molar-refractivity contribution in [1.82, 2.24) is 0 Å². The van der Waals surface area contributed by atoms with Gasteiger partial charge in [-0.05, 0) is 25.2 Å². The molecule has 0 aromatic carbocycles. The van der Waals surface area contributed by atoms with Gasteiger partial charge in [-0.3, -0.25) is 0 Å². The number of hydrogen-bond donors (Lipinski definition) is 1. The van der Waals surface area contributed by atoms with Crippen molar-refractivity contribution in [1.29, 1.82) is 0 Å². The molecule has 0 aromatic rings. The number of carbonyl (C=O) groups is 1. The van der Waals surface area contributed by atoms with Crippen molar-refractivity contribution in [3.05, 3.63) is 23.8 Å². The monoisotopic (exact) mass is 194 g/mol. The quantitative estimate of drug-likeness (QED) is 0.542. The minimum absolute atomic E-state index is 0.185. The molecule has 0 spiro atoms. The number of carboxylic acid groups (broad SMARTS) is 1. The molecule has 0 saturated carbocycles. The second-order valence-corrected chi connectivity index (χ2v) is 4.65. The maximum Gasteiger partial charge on any atom is 0.327 e. The second kappa shape index (κ2) is 3.99. The minimum Gasteiger partial charge on any atom is -0.478 e. The molecule has 0 aliphatic heterocycles. The zero-order chi connectivity index (χ0) is 10.8. The molecule has 14 heavy (non-hydrogen) atoms. The highest BCUT2D eigenvalue weighted by Crippen LogP contribution is 2.41. The van der Waals surface area contributed by atoms with Gasteiger partial charge in [-0.25, -0.2) is 4.79 Å². The summed E-state index contributed by atoms with van der Waals surface area (Å²) in [6, 6.07) is 0. The molecule has 0 amide bonds. The molecule has 78 valence electrons. The first-order chi connectivity index (χ1) is 6.43. The first-order valence-electron chi connectivity index (χ1n) is 5.01. The summed E-state index contributed by atoms with van der Waals surface area (Å²) in [5.74, 6) is -0.591. The number of rotatable bonds is 2. The van der Waals surface area contributed by atoms with Gasteiger partial charge in [0.15, 0.2) is 0 Å². The Morgan fingerprint density at radius 2 is 2.29 bits per heavy atom. The molecule has 0 fully saturated rings. The van der Waals surface area contributed by atoms with Crippen molar-refractivity contribution in [3.63, 3.8) is 0 Å². The van der Waals surface area contributed by atoms with Crippen molar-refractivity contribution in [2.75, 3.05) is 0 Å². The summed E-state index contributed by atoms with van der Waals surface area (Å²) in [5.41, 5.74) is 1.48. The van der Waals surface area contributed by atoms with Gasteiger partial charge in [0.1, 0.15) is 0 Å². The van der Waals surface area contributed by atoms with E-state index in [4.69, 9.17) is 5.11 Å². The maximum atomic E-state index is 10.5. The third-order valence-corrected chi connectivity index (χ3v) is 3.02. The fraction of sp³-hybridized carbons (Fsp3) is 0.583. The fourth-order valence-corrected chi connectivity index (χ4v) is 2.16. The molecule has 1 aliphatic rings. The van der Waals surface area contributed by atoms with Crippen LogP contribution in [0, 0.1) is 11.3 Å². The van der Waals surface area contributed by atoms with Crippen LogP contribution in [0.15, 0.2) is 23.8 Å². The molecule has 0 saturated heterocycles. The summed E-state index contributed by atoms with van der Waals surface area (Å²) in [6.45, 7) is 6.47. The van der Waals surface area contributed by atoms with Crippen LogP contribution in [0.3, 0.4) is 0 Å². The first kappa shape index (κ1) is 11.0. The molecule has 1 aliphatic carbocycles. The van der Waals surface area contributed by atoms with Gasteiger partial charge < -0.3 is 5.11 Å². The molecule has 2 heteroatoms. The van der Waals surface area contributed by atoms with Gasteiger partial charge in [0.25, 0.3) is 0 Å². The number of allylic oxidation sites excluding steroid dienone is 3. The Labute approximate surface area is 85.3 Å². The topological polar surface area (TPSA) is 37.3 Å². The van der Waals surface area contributed by atoms with Gasteiger partial charge in [-0.2, -0.15) is 0 Å². The molecule has 0 aromatic heterocycles. The Morgan fingerprint density at radius 1 is 1.64 bits per heavy atom. The van der Waals surface area contributed by atoms with Crippen molar-refractivity contribution < 1.29 is 9.90 Å². The molecule has 0 radical (unpaired) electrons. The van der Waals surface area contributed by atoms with Gasteiger partial charge in [0, 0.05) is 12.0 Å². The standard InChI is InChI=1S/C12H18O2/c1-9-5-4-8-12(2,3)10(9)6-7-11(13)14/h5-7,10H,4,8H2,1-3H3,(H,13,14)/b7-6+. The SMILES string of the molecule is CC1=CCCC(C)(C)C1/C=C/C(=O)O. The minimum atomic E-state index is -0.862. The van der Waals surface area contributed by atoms with Crippen molar-refractivity contribution in [2.24, 2.45) is 11.3 Å². The molecule has 1 atom stereocenters. The van der Waals surface area contributed by atoms with Gasteiger partial charge in [-0.15, -0.1) is 0 Å². The zero-order valence-corrected chi connectivity index (χ0v) is 9.08. The normalized spacial score (nSPS) is 26.2. The summed E-state index contributed by atoms with van der Waals surface area (Å²) in [7, 11) is 0. The van der Waals surface area contributed by atoms with Crippen molar-refractivity contribution in [2.45, 2.75) is 33.6 Å². The molecular weight excluding hydrogens is 176 g/mol. The molecule has 2 nitrogen and oxygen atoms in total. The van der Waals surface area contributed by atoms with E-state index in [2.05, 4.69) is 26.8 Å². The van der Waals surface area contributed by atoms with E-state index >= 15 is 0 Å². The van der Waals surface area contributed by atoms with E-state index in [9.17, 15) is 4.79 Å². The van der Waals surface area contributed by atoms with E-state index < -0.39 is 5.97 Å². The van der Waals surface area contributed by atoms with E-state index in [0.29, 0.717) is 0 Å². The highest BCUT2D eigenvalue weighted by molar-refractivity contribution is 5.79. The lowest BCUT2D eigenvalue weighted by Crippen LogP contribution is -2.26. The van der Waals surface area contributed by atoms with Crippen molar-refractivity contribution in [3.8, 4) is 0 Å². The van der Waals surface area contributed by atoms with E-state index in [-0.39, 0.29) is 11.3 Å². The van der Waals surface area contributed by atoms with Gasteiger partial charge in [-0.1, -0.05) is 31.6 Å². The van der Waals surface area contributed by atoms with E-state index in [1.165, 1.54) is 11.6 Å². The smallest absolute Gasteiger partial charge is 0.327 e. The van der Waals surface area contributed by atoms with Crippen LogP contribution in [-0.4, -0.2) is 11.1 Å². The molecule has 1 unspecified atom stereocenters. The van der Waals surface area contributed by atoms with Gasteiger partial charge in [0.05, 0.1) is 0 Å².